The number of carbonyl (C=O) groups is 1. The Kier molecular flexibility index (Phi) is 7.35. The van der Waals surface area contributed by atoms with Gasteiger partial charge >= 0.3 is 12.8 Å². The SMILES string of the molecule is Cc1cc(C#N)cc(OC(F)F)c1CC(=O)c1cc(Cn2nnc(C(F)(F)F)n2)nn1-c1ncccc1Cl. The number of alkyl halides is 5. The molecule has 1 aromatic carbocycles. The monoisotopic (exact) mass is 552 g/mol. The van der Waals surface area contributed by atoms with Gasteiger partial charge in [-0.15, -0.1) is 10.2 Å². The van der Waals surface area contributed by atoms with E-state index in [0.29, 0.717) is 10.4 Å². The number of halogens is 6. The van der Waals surface area contributed by atoms with Crippen molar-refractivity contribution in [1.82, 2.24) is 35.0 Å². The largest absolute Gasteiger partial charge is 0.455 e. The summed E-state index contributed by atoms with van der Waals surface area (Å²) in [6, 6.07) is 8.61. The fraction of sp³-hybridized carbons (Fsp3) is 0.227. The molecule has 0 unspecified atom stereocenters. The molecule has 38 heavy (non-hydrogen) atoms. The summed E-state index contributed by atoms with van der Waals surface area (Å²) in [7, 11) is 0. The normalized spacial score (nSPS) is 11.6. The smallest absolute Gasteiger partial charge is 0.434 e. The van der Waals surface area contributed by atoms with Crippen LogP contribution in [0.5, 0.6) is 5.75 Å². The maximum Gasteiger partial charge on any atom is 0.455 e. The number of carbonyl (C=O) groups excluding carboxylic acids is 1. The fourth-order valence-corrected chi connectivity index (χ4v) is 3.70. The Morgan fingerprint density at radius 2 is 2.00 bits per heavy atom. The molecule has 0 atom stereocenters. The Morgan fingerprint density at radius 1 is 1.24 bits per heavy atom. The minimum absolute atomic E-state index is 0.0342. The highest BCUT2D eigenvalue weighted by Gasteiger charge is 2.37. The second kappa shape index (κ2) is 10.5. The van der Waals surface area contributed by atoms with Crippen molar-refractivity contribution in [3.8, 4) is 17.6 Å². The Hall–Kier alpha value is -4.45. The van der Waals surface area contributed by atoms with E-state index >= 15 is 0 Å². The number of ketones is 1. The molecule has 0 aliphatic carbocycles. The minimum Gasteiger partial charge on any atom is -0.434 e. The van der Waals surface area contributed by atoms with E-state index in [-0.39, 0.29) is 39.1 Å². The van der Waals surface area contributed by atoms with Crippen molar-refractivity contribution in [1.29, 1.82) is 5.26 Å². The third-order valence-corrected chi connectivity index (χ3v) is 5.40. The Balaban J connectivity index is 1.74. The predicted octanol–water partition coefficient (Wildman–Crippen LogP) is 4.18. The van der Waals surface area contributed by atoms with Gasteiger partial charge in [0.1, 0.15) is 18.0 Å². The lowest BCUT2D eigenvalue weighted by molar-refractivity contribution is -0.145. The topological polar surface area (TPSA) is 124 Å². The van der Waals surface area contributed by atoms with Crippen molar-refractivity contribution in [3.05, 3.63) is 75.5 Å². The third-order valence-electron chi connectivity index (χ3n) is 5.11. The zero-order valence-corrected chi connectivity index (χ0v) is 19.9. The number of rotatable bonds is 8. The summed E-state index contributed by atoms with van der Waals surface area (Å²) >= 11 is 6.23. The van der Waals surface area contributed by atoms with Crippen LogP contribution in [0.2, 0.25) is 5.02 Å². The Bertz CT molecular complexity index is 1540. The number of benzene rings is 1. The maximum atomic E-state index is 13.4. The first kappa shape index (κ1) is 26.6. The first-order valence-corrected chi connectivity index (χ1v) is 10.9. The summed E-state index contributed by atoms with van der Waals surface area (Å²) in [6.45, 7) is -2.08. The lowest BCUT2D eigenvalue weighted by Crippen LogP contribution is -2.15. The van der Waals surface area contributed by atoms with Gasteiger partial charge in [0.25, 0.3) is 5.82 Å². The van der Waals surface area contributed by atoms with Gasteiger partial charge in [-0.25, -0.2) is 9.67 Å². The van der Waals surface area contributed by atoms with Gasteiger partial charge in [0, 0.05) is 18.2 Å². The molecule has 10 nitrogen and oxygen atoms in total. The van der Waals surface area contributed by atoms with Crippen molar-refractivity contribution in [2.75, 3.05) is 0 Å². The molecule has 0 radical (unpaired) electrons. The number of aromatic nitrogens is 7. The highest BCUT2D eigenvalue weighted by Crippen LogP contribution is 2.29. The van der Waals surface area contributed by atoms with E-state index in [9.17, 15) is 26.7 Å². The average molecular weight is 553 g/mol. The highest BCUT2D eigenvalue weighted by atomic mass is 35.5. The number of hydrogen-bond acceptors (Lipinski definition) is 8. The Morgan fingerprint density at radius 3 is 2.63 bits per heavy atom. The van der Waals surface area contributed by atoms with Crippen LogP contribution in [0.25, 0.3) is 5.82 Å². The molecule has 0 spiro atoms. The van der Waals surface area contributed by atoms with Crippen LogP contribution in [-0.2, 0) is 19.1 Å². The molecule has 16 heteroatoms. The number of tetrazole rings is 1. The van der Waals surface area contributed by atoms with Gasteiger partial charge < -0.3 is 4.74 Å². The molecule has 0 aliphatic heterocycles. The van der Waals surface area contributed by atoms with Crippen LogP contribution in [0, 0.1) is 18.3 Å². The molecule has 0 fully saturated rings. The first-order valence-electron chi connectivity index (χ1n) is 10.5. The van der Waals surface area contributed by atoms with Crippen molar-refractivity contribution < 1.29 is 31.5 Å². The van der Waals surface area contributed by atoms with Crippen molar-refractivity contribution in [3.63, 3.8) is 0 Å². The summed E-state index contributed by atoms with van der Waals surface area (Å²) in [4.78, 5) is 18.2. The van der Waals surface area contributed by atoms with Gasteiger partial charge in [-0.2, -0.15) is 37.1 Å². The lowest BCUT2D eigenvalue weighted by atomic mass is 9.98. The summed E-state index contributed by atoms with van der Waals surface area (Å²) in [6.07, 6.45) is -3.88. The molecule has 4 rings (SSSR count). The number of hydrogen-bond donors (Lipinski definition) is 0. The van der Waals surface area contributed by atoms with E-state index in [1.807, 2.05) is 6.07 Å². The van der Waals surface area contributed by atoms with Gasteiger partial charge in [-0.3, -0.25) is 4.79 Å². The second-order valence-corrected chi connectivity index (χ2v) is 8.15. The third kappa shape index (κ3) is 5.75. The van der Waals surface area contributed by atoms with Gasteiger partial charge in [0.05, 0.1) is 22.3 Å². The average Bonchev–Trinajstić information content (AvgIpc) is 3.48. The first-order chi connectivity index (χ1) is 18.0. The van der Waals surface area contributed by atoms with E-state index < -0.39 is 37.4 Å². The molecule has 4 aromatic rings. The molecule has 3 heterocycles. The van der Waals surface area contributed by atoms with E-state index in [1.165, 1.54) is 37.4 Å². The zero-order valence-electron chi connectivity index (χ0n) is 19.1. The van der Waals surface area contributed by atoms with E-state index in [2.05, 4.69) is 30.2 Å². The van der Waals surface area contributed by atoms with Crippen LogP contribution < -0.4 is 4.74 Å². The van der Waals surface area contributed by atoms with Crippen LogP contribution >= 0.6 is 11.6 Å². The summed E-state index contributed by atoms with van der Waals surface area (Å²) < 4.78 is 70.2. The van der Waals surface area contributed by atoms with Crippen molar-refractivity contribution >= 4 is 17.4 Å². The van der Waals surface area contributed by atoms with Crippen LogP contribution in [-0.4, -0.2) is 47.4 Å². The van der Waals surface area contributed by atoms with Crippen molar-refractivity contribution in [2.24, 2.45) is 0 Å². The number of pyridine rings is 1. The lowest BCUT2D eigenvalue weighted by Gasteiger charge is -2.14. The summed E-state index contributed by atoms with van der Waals surface area (Å²) in [5.41, 5.74) is 0.455. The molecule has 0 N–H and O–H groups in total. The van der Waals surface area contributed by atoms with Gasteiger partial charge in [-0.05, 0) is 48.0 Å². The second-order valence-electron chi connectivity index (χ2n) is 7.74. The van der Waals surface area contributed by atoms with Gasteiger partial charge in [0.15, 0.2) is 11.6 Å². The van der Waals surface area contributed by atoms with Gasteiger partial charge in [0.2, 0.25) is 0 Å². The predicted molar refractivity (Wildman–Crippen MR) is 119 cm³/mol. The standard InChI is InChI=1S/C22H14ClF5N8O2/c1-11-5-12(9-29)6-18(38-21(24)25)14(11)8-17(37)16-7-13(10-35-33-20(31-34-35)22(26,27)28)32-36(16)19-15(23)3-2-4-30-19/h2-7,21H,8,10H2,1H3. The van der Waals surface area contributed by atoms with Crippen LogP contribution in [0.3, 0.4) is 0 Å². The van der Waals surface area contributed by atoms with E-state index in [4.69, 9.17) is 16.9 Å². The number of Topliss-reactive ketones (excluding diaryl/α,β-unsaturated/α-hetero) is 1. The van der Waals surface area contributed by atoms with Crippen molar-refractivity contribution in [2.45, 2.75) is 32.7 Å². The quantitative estimate of drug-likeness (QED) is 0.235. The molecule has 0 aliphatic rings. The number of ether oxygens (including phenoxy) is 1. The Labute approximate surface area is 215 Å². The van der Waals surface area contributed by atoms with E-state index in [1.54, 1.807) is 0 Å². The molecule has 0 bridgehead atoms. The summed E-state index contributed by atoms with van der Waals surface area (Å²) in [5.74, 6) is -2.41. The molecular weight excluding hydrogens is 539 g/mol. The number of nitriles is 1. The molecule has 0 saturated heterocycles. The zero-order chi connectivity index (χ0) is 27.6. The molecule has 0 saturated carbocycles. The van der Waals surface area contributed by atoms with Gasteiger partial charge in [-0.1, -0.05) is 11.6 Å². The number of aryl methyl sites for hydroxylation is 1. The summed E-state index contributed by atoms with van der Waals surface area (Å²) in [5, 5.41) is 23.1. The molecule has 3 aromatic heterocycles. The minimum atomic E-state index is -4.81. The fourth-order valence-electron chi connectivity index (χ4n) is 3.50. The maximum absolute atomic E-state index is 13.4. The van der Waals surface area contributed by atoms with Crippen LogP contribution in [0.4, 0.5) is 22.0 Å². The van der Waals surface area contributed by atoms with Crippen LogP contribution in [0.15, 0.2) is 36.5 Å². The number of nitrogens with zero attached hydrogens (tertiary/aromatic N) is 8. The van der Waals surface area contributed by atoms with E-state index in [0.717, 1.165) is 10.7 Å². The molecule has 0 amide bonds. The molecular formula is C22H14ClF5N8O2. The highest BCUT2D eigenvalue weighted by molar-refractivity contribution is 6.32. The van der Waals surface area contributed by atoms with Crippen LogP contribution in [0.1, 0.15) is 38.7 Å². The molecule has 196 valence electrons.